The molecule has 0 bridgehead atoms. The average molecular weight is 1180 g/mol. The third-order valence-corrected chi connectivity index (χ3v) is 23.5. The monoisotopic (exact) mass is 1180 g/mol. The fourth-order valence-electron chi connectivity index (χ4n) is 16.4. The van der Waals surface area contributed by atoms with Crippen molar-refractivity contribution in [2.24, 2.45) is 21.1 Å². The molecule has 0 atom stereocenters. The first-order chi connectivity index (χ1) is 42.7. The number of hydrogen-bond donors (Lipinski definition) is 0. The Bertz CT molecular complexity index is 4880. The minimum absolute atomic E-state index is 0.00470. The van der Waals surface area contributed by atoms with E-state index in [0.29, 0.717) is 0 Å². The molecule has 90 heavy (non-hydrogen) atoms. The summed E-state index contributed by atoms with van der Waals surface area (Å²) in [6.07, 6.45) is 6.41. The van der Waals surface area contributed by atoms with Crippen LogP contribution in [0.15, 0.2) is 219 Å². The highest BCUT2D eigenvalue weighted by Crippen LogP contribution is 2.60. The maximum Gasteiger partial charge on any atom is 0.212 e. The number of aryl methyl sites for hydroxylation is 4. The van der Waals surface area contributed by atoms with E-state index < -0.39 is 0 Å². The average Bonchev–Trinajstić information content (AvgIpc) is 0.715. The van der Waals surface area contributed by atoms with Crippen molar-refractivity contribution in [1.82, 2.24) is 0 Å². The maximum atomic E-state index is 2.43. The van der Waals surface area contributed by atoms with Crippen LogP contribution in [0.25, 0.3) is 99.5 Å². The van der Waals surface area contributed by atoms with Crippen molar-refractivity contribution in [1.29, 1.82) is 0 Å². The summed E-state index contributed by atoms with van der Waals surface area (Å²) < 4.78 is 6.69. The van der Waals surface area contributed by atoms with Gasteiger partial charge in [-0.25, -0.2) is 13.7 Å². The van der Waals surface area contributed by atoms with Gasteiger partial charge in [0, 0.05) is 52.9 Å². The zero-order chi connectivity index (χ0) is 63.8. The largest absolute Gasteiger partial charge is 0.212 e. The molecule has 0 saturated heterocycles. The summed E-state index contributed by atoms with van der Waals surface area (Å²) in [7, 11) is 6.41. The van der Waals surface area contributed by atoms with Crippen molar-refractivity contribution in [3.8, 4) is 67.2 Å². The molecular formula is C87H90N3+3. The summed E-state index contributed by atoms with van der Waals surface area (Å²) in [4.78, 5) is 0. The topological polar surface area (TPSA) is 11.6 Å². The summed E-state index contributed by atoms with van der Waals surface area (Å²) >= 11 is 0. The van der Waals surface area contributed by atoms with Crippen molar-refractivity contribution in [3.05, 3.63) is 269 Å². The number of benzene rings is 9. The molecule has 3 aliphatic rings. The van der Waals surface area contributed by atoms with E-state index in [1.165, 1.54) is 150 Å². The van der Waals surface area contributed by atoms with E-state index >= 15 is 0 Å². The minimum atomic E-state index is -0.0258. The van der Waals surface area contributed by atoms with Gasteiger partial charge >= 0.3 is 0 Å². The first-order valence-corrected chi connectivity index (χ1v) is 32.6. The minimum Gasteiger partial charge on any atom is -0.201 e. The molecule has 450 valence electrons. The van der Waals surface area contributed by atoms with E-state index in [1.54, 1.807) is 0 Å². The molecule has 0 spiro atoms. The van der Waals surface area contributed by atoms with Crippen LogP contribution in [0.3, 0.4) is 0 Å². The van der Waals surface area contributed by atoms with Crippen LogP contribution in [-0.4, -0.2) is 0 Å². The lowest BCUT2D eigenvalue weighted by Crippen LogP contribution is -2.44. The molecule has 3 heteroatoms. The van der Waals surface area contributed by atoms with E-state index in [4.69, 9.17) is 0 Å². The predicted octanol–water partition coefficient (Wildman–Crippen LogP) is 20.6. The van der Waals surface area contributed by atoms with Gasteiger partial charge in [0.05, 0.1) is 5.56 Å². The third kappa shape index (κ3) is 8.91. The Kier molecular flexibility index (Phi) is 14.3. The van der Waals surface area contributed by atoms with Crippen LogP contribution in [0, 0.1) is 20.8 Å². The van der Waals surface area contributed by atoms with E-state index in [1.807, 2.05) is 0 Å². The smallest absolute Gasteiger partial charge is 0.201 e. The Hall–Kier alpha value is -8.79. The number of pyridine rings is 3. The van der Waals surface area contributed by atoms with Crippen molar-refractivity contribution in [2.75, 3.05) is 0 Å². The van der Waals surface area contributed by atoms with E-state index in [9.17, 15) is 0 Å². The molecule has 0 N–H and O–H groups in total. The molecule has 15 rings (SSSR count). The summed E-state index contributed by atoms with van der Waals surface area (Å²) in [5.41, 5.74) is 29.1. The Balaban J connectivity index is 0.000000124. The second-order valence-corrected chi connectivity index (χ2v) is 29.5. The van der Waals surface area contributed by atoms with Gasteiger partial charge in [-0.05, 0) is 206 Å². The molecule has 0 unspecified atom stereocenters. The maximum absolute atomic E-state index is 2.43. The van der Waals surface area contributed by atoms with Gasteiger partial charge in [-0.15, -0.1) is 0 Å². The molecular weight excluding hydrogens is 1090 g/mol. The molecule has 3 heterocycles. The van der Waals surface area contributed by atoms with E-state index in [-0.39, 0.29) is 32.5 Å². The van der Waals surface area contributed by atoms with Crippen molar-refractivity contribution < 1.29 is 13.7 Å². The zero-order valence-corrected chi connectivity index (χ0v) is 56.6. The van der Waals surface area contributed by atoms with Crippen LogP contribution in [0.5, 0.6) is 0 Å². The van der Waals surface area contributed by atoms with Crippen LogP contribution in [0.2, 0.25) is 0 Å². The number of hydrogen-bond acceptors (Lipinski definition) is 0. The number of nitrogens with zero attached hydrogens (tertiary/aromatic N) is 3. The van der Waals surface area contributed by atoms with Gasteiger partial charge < -0.3 is 0 Å². The molecule has 0 radical (unpaired) electrons. The number of rotatable bonds is 3. The first-order valence-electron chi connectivity index (χ1n) is 32.6. The summed E-state index contributed by atoms with van der Waals surface area (Å²) in [6.45, 7) is 35.9. The second kappa shape index (κ2) is 21.4. The van der Waals surface area contributed by atoms with Gasteiger partial charge in [-0.1, -0.05) is 204 Å². The second-order valence-electron chi connectivity index (χ2n) is 29.5. The molecule has 0 amide bonds. The summed E-state index contributed by atoms with van der Waals surface area (Å²) in [5.74, 6) is 0. The number of aromatic nitrogens is 3. The van der Waals surface area contributed by atoms with Gasteiger partial charge in [0.2, 0.25) is 17.1 Å². The molecule has 9 aromatic carbocycles. The van der Waals surface area contributed by atoms with Gasteiger partial charge in [0.15, 0.2) is 18.6 Å². The molecule has 3 aliphatic carbocycles. The highest BCUT2D eigenvalue weighted by Gasteiger charge is 2.51. The zero-order valence-electron chi connectivity index (χ0n) is 56.6. The van der Waals surface area contributed by atoms with Crippen LogP contribution >= 0.6 is 0 Å². The lowest BCUT2D eigenvalue weighted by atomic mass is 9.54. The van der Waals surface area contributed by atoms with Crippen molar-refractivity contribution >= 4 is 32.3 Å². The quantitative estimate of drug-likeness (QED) is 0.156. The molecule has 12 aromatic rings. The summed E-state index contributed by atoms with van der Waals surface area (Å²) in [6, 6.07) is 73.9. The van der Waals surface area contributed by atoms with E-state index in [2.05, 4.69) is 357 Å². The Morgan fingerprint density at radius 2 is 0.611 bits per heavy atom. The molecule has 0 fully saturated rings. The predicted molar refractivity (Wildman–Crippen MR) is 380 cm³/mol. The van der Waals surface area contributed by atoms with Crippen molar-refractivity contribution in [3.63, 3.8) is 0 Å². The van der Waals surface area contributed by atoms with Gasteiger partial charge in [-0.3, -0.25) is 0 Å². The first kappa shape index (κ1) is 60.1. The molecule has 0 saturated carbocycles. The van der Waals surface area contributed by atoms with Gasteiger partial charge in [-0.2, -0.15) is 0 Å². The lowest BCUT2D eigenvalue weighted by Gasteiger charge is -2.49. The number of fused-ring (bicyclic) bond motifs is 14. The lowest BCUT2D eigenvalue weighted by molar-refractivity contribution is -0.660. The van der Waals surface area contributed by atoms with Crippen LogP contribution in [0.1, 0.15) is 133 Å². The SMILES string of the molecule is Cc1c(-c2cccc[n+]2C)ccc2c1C(C)(C)C(C)(C)c1cc3ccccc3cc1-2.Cc1c(-c2cccc[n+]2C)ccc2c1C(C)(C)C(C)(C)c1ccc3ccccc3c1-2.Cc1ccc2c(c1-c1cccc[n+]1C)C(C)(C)C(C)(C)c1ccc3ccccc3c1-2. The van der Waals surface area contributed by atoms with Gasteiger partial charge in [0.1, 0.15) is 21.1 Å². The van der Waals surface area contributed by atoms with E-state index in [0.717, 1.165) is 0 Å². The highest BCUT2D eigenvalue weighted by atomic mass is 14.9. The fraction of sp³-hybridized carbons (Fsp3) is 0.276. The standard InChI is InChI=1S/3C29H30N/c1-19-21(25-13-9-10-18-30(25)6)15-16-23-26-22-12-8-7-11-20(22)14-17-24(26)28(2,3)29(4,5)27(19)23;1-19-14-16-22-26-21-12-8-7-11-20(21)15-17-23(26)28(2,3)29(4,5)27(22)25(19)24-13-9-10-18-30(24)6;1-19-22(26-13-9-10-16-30(26)6)14-15-23-24-17-20-11-7-8-12-21(20)18-25(24)28(2,3)29(4,5)27(19)23/h3*7-18H,1-6H3/q3*+1. The third-order valence-electron chi connectivity index (χ3n) is 23.5. The molecule has 3 nitrogen and oxygen atoms in total. The van der Waals surface area contributed by atoms with Crippen LogP contribution < -0.4 is 13.7 Å². The normalized spacial score (nSPS) is 16.2. The highest BCUT2D eigenvalue weighted by molar-refractivity contribution is 6.04. The Labute approximate surface area is 536 Å². The summed E-state index contributed by atoms with van der Waals surface area (Å²) in [5, 5.41) is 7.98. The van der Waals surface area contributed by atoms with Crippen LogP contribution in [-0.2, 0) is 53.6 Å². The Morgan fingerprint density at radius 1 is 0.256 bits per heavy atom. The fourth-order valence-corrected chi connectivity index (χ4v) is 16.4. The Morgan fingerprint density at radius 3 is 1.09 bits per heavy atom. The van der Waals surface area contributed by atoms with Gasteiger partial charge in [0.25, 0.3) is 0 Å². The molecule has 3 aromatic heterocycles. The van der Waals surface area contributed by atoms with Crippen LogP contribution in [0.4, 0.5) is 0 Å². The molecule has 0 aliphatic heterocycles. The van der Waals surface area contributed by atoms with Crippen molar-refractivity contribution in [2.45, 2.75) is 136 Å².